The van der Waals surface area contributed by atoms with Crippen molar-refractivity contribution >= 4 is 23.4 Å². The fourth-order valence-electron chi connectivity index (χ4n) is 2.52. The summed E-state index contributed by atoms with van der Waals surface area (Å²) in [7, 11) is 0. The van der Waals surface area contributed by atoms with Gasteiger partial charge in [-0.05, 0) is 25.0 Å². The first-order chi connectivity index (χ1) is 13.5. The summed E-state index contributed by atoms with van der Waals surface area (Å²) in [6, 6.07) is 3.77. The summed E-state index contributed by atoms with van der Waals surface area (Å²) in [6.45, 7) is 3.45. The summed E-state index contributed by atoms with van der Waals surface area (Å²) in [5.41, 5.74) is 0.316. The van der Waals surface area contributed by atoms with Crippen molar-refractivity contribution in [1.82, 2.24) is 10.6 Å². The van der Waals surface area contributed by atoms with Crippen LogP contribution < -0.4 is 15.4 Å². The second-order valence-corrected chi connectivity index (χ2v) is 6.82. The van der Waals surface area contributed by atoms with Crippen LogP contribution in [0.5, 0.6) is 5.75 Å². The Morgan fingerprint density at radius 3 is 2.59 bits per heavy atom. The Balaban J connectivity index is 1.59. The van der Waals surface area contributed by atoms with Gasteiger partial charge in [0.1, 0.15) is 11.6 Å². The number of rotatable bonds is 9. The van der Waals surface area contributed by atoms with Crippen molar-refractivity contribution in [3.8, 4) is 5.75 Å². The number of alkyl halides is 3. The van der Waals surface area contributed by atoms with Gasteiger partial charge in [0.05, 0.1) is 11.1 Å². The molecule has 11 heteroatoms. The molecular weight excluding hydrogens is 420 g/mol. The van der Waals surface area contributed by atoms with Gasteiger partial charge in [0.2, 0.25) is 5.91 Å². The maximum Gasteiger partial charge on any atom is 0.522 e. The van der Waals surface area contributed by atoms with Gasteiger partial charge in [-0.15, -0.1) is 13.2 Å². The molecule has 160 valence electrons. The third-order valence-corrected chi connectivity index (χ3v) is 4.38. The Morgan fingerprint density at radius 2 is 1.97 bits per heavy atom. The summed E-state index contributed by atoms with van der Waals surface area (Å²) >= 11 is 5.54. The maximum atomic E-state index is 13.3. The molecule has 0 heterocycles. The van der Waals surface area contributed by atoms with Crippen LogP contribution in [0.3, 0.4) is 0 Å². The number of benzene rings is 1. The van der Waals surface area contributed by atoms with Gasteiger partial charge in [-0.2, -0.15) is 0 Å². The second-order valence-electron chi connectivity index (χ2n) is 6.41. The van der Waals surface area contributed by atoms with Crippen LogP contribution in [0.25, 0.3) is 0 Å². The molecule has 0 spiro atoms. The van der Waals surface area contributed by atoms with Crippen LogP contribution in [0.4, 0.5) is 17.6 Å². The van der Waals surface area contributed by atoms with Gasteiger partial charge in [0.15, 0.2) is 6.61 Å². The molecule has 6 nitrogen and oxygen atoms in total. The molecule has 2 N–H and O–H groups in total. The summed E-state index contributed by atoms with van der Waals surface area (Å²) < 4.78 is 58.4. The van der Waals surface area contributed by atoms with E-state index in [1.54, 1.807) is 0 Å². The second kappa shape index (κ2) is 9.93. The van der Waals surface area contributed by atoms with Crippen molar-refractivity contribution in [2.45, 2.75) is 31.7 Å². The summed E-state index contributed by atoms with van der Waals surface area (Å²) in [4.78, 5) is 23.6. The van der Waals surface area contributed by atoms with E-state index >= 15 is 0 Å². The molecule has 1 aromatic rings. The van der Waals surface area contributed by atoms with E-state index in [2.05, 4.69) is 21.9 Å². The third kappa shape index (κ3) is 7.90. The first-order valence-electron chi connectivity index (χ1n) is 8.61. The average molecular weight is 439 g/mol. The van der Waals surface area contributed by atoms with E-state index in [9.17, 15) is 27.2 Å². The molecule has 1 aromatic carbocycles. The van der Waals surface area contributed by atoms with Gasteiger partial charge in [-0.1, -0.05) is 18.2 Å². The van der Waals surface area contributed by atoms with E-state index < -0.39 is 36.0 Å². The zero-order chi connectivity index (χ0) is 21.6. The summed E-state index contributed by atoms with van der Waals surface area (Å²) in [5.74, 6) is -1.99. The summed E-state index contributed by atoms with van der Waals surface area (Å²) in [5, 5.41) is 4.97. The van der Waals surface area contributed by atoms with Gasteiger partial charge < -0.3 is 15.4 Å². The predicted molar refractivity (Wildman–Crippen MR) is 95.5 cm³/mol. The number of halogens is 5. The SMILES string of the molecule is C=C(CCNC(=O)COc1ccc(Cl)c(F)c1)NC(=O)C1CC(OC(F)(F)F)C1. The van der Waals surface area contributed by atoms with Crippen LogP contribution >= 0.6 is 11.6 Å². The highest BCUT2D eigenvalue weighted by Crippen LogP contribution is 2.34. The predicted octanol–water partition coefficient (Wildman–Crippen LogP) is 3.31. The van der Waals surface area contributed by atoms with E-state index in [0.717, 1.165) is 6.07 Å². The molecule has 1 fully saturated rings. The van der Waals surface area contributed by atoms with Crippen LogP contribution in [-0.2, 0) is 14.3 Å². The normalized spacial score (nSPS) is 18.5. The van der Waals surface area contributed by atoms with Gasteiger partial charge in [-0.3, -0.25) is 14.3 Å². The minimum atomic E-state index is -4.71. The number of carbonyl (C=O) groups is 2. The standard InChI is InChI=1S/C18H19ClF4N2O4/c1-10(25-17(27)11-6-13(7-11)29-18(21,22)23)4-5-24-16(26)9-28-12-2-3-14(19)15(20)8-12/h2-3,8,11,13H,1,4-7,9H2,(H,24,26)(H,25,27). The smallest absolute Gasteiger partial charge is 0.484 e. The molecule has 0 saturated heterocycles. The molecule has 2 amide bonds. The fraction of sp³-hybridized carbons (Fsp3) is 0.444. The molecule has 0 radical (unpaired) electrons. The van der Waals surface area contributed by atoms with Gasteiger partial charge in [-0.25, -0.2) is 4.39 Å². The van der Waals surface area contributed by atoms with Crippen LogP contribution in [0, 0.1) is 11.7 Å². The van der Waals surface area contributed by atoms with Crippen molar-refractivity contribution < 1.29 is 36.6 Å². The Morgan fingerprint density at radius 1 is 1.28 bits per heavy atom. The number of hydrogen-bond acceptors (Lipinski definition) is 4. The van der Waals surface area contributed by atoms with E-state index in [1.807, 2.05) is 0 Å². The number of carbonyl (C=O) groups excluding carboxylic acids is 2. The fourth-order valence-corrected chi connectivity index (χ4v) is 2.64. The van der Waals surface area contributed by atoms with E-state index in [4.69, 9.17) is 16.3 Å². The molecule has 0 atom stereocenters. The number of amides is 2. The third-order valence-electron chi connectivity index (χ3n) is 4.08. The van der Waals surface area contributed by atoms with Gasteiger partial charge >= 0.3 is 6.36 Å². The molecular formula is C18H19ClF4N2O4. The molecule has 1 saturated carbocycles. The monoisotopic (exact) mass is 438 g/mol. The highest BCUT2D eigenvalue weighted by Gasteiger charge is 2.42. The Labute approximate surface area is 169 Å². The van der Waals surface area contributed by atoms with E-state index in [-0.39, 0.29) is 43.2 Å². The molecule has 1 aliphatic rings. The van der Waals surface area contributed by atoms with Crippen LogP contribution in [-0.4, -0.2) is 37.4 Å². The minimum Gasteiger partial charge on any atom is -0.484 e. The molecule has 1 aliphatic carbocycles. The number of hydrogen-bond donors (Lipinski definition) is 2. The van der Waals surface area contributed by atoms with Crippen LogP contribution in [0.1, 0.15) is 19.3 Å². The number of nitrogens with one attached hydrogen (secondary N) is 2. The Bertz CT molecular complexity index is 767. The van der Waals surface area contributed by atoms with Crippen molar-refractivity contribution in [3.05, 3.63) is 41.3 Å². The molecule has 0 unspecified atom stereocenters. The molecule has 0 aliphatic heterocycles. The lowest BCUT2D eigenvalue weighted by Gasteiger charge is -2.34. The van der Waals surface area contributed by atoms with Gasteiger partial charge in [0, 0.05) is 30.6 Å². The van der Waals surface area contributed by atoms with Crippen molar-refractivity contribution in [2.24, 2.45) is 5.92 Å². The minimum absolute atomic E-state index is 0.0159. The highest BCUT2D eigenvalue weighted by molar-refractivity contribution is 6.30. The van der Waals surface area contributed by atoms with Crippen molar-refractivity contribution in [3.63, 3.8) is 0 Å². The molecule has 0 bridgehead atoms. The van der Waals surface area contributed by atoms with Crippen molar-refractivity contribution in [2.75, 3.05) is 13.2 Å². The van der Waals surface area contributed by atoms with Gasteiger partial charge in [0.25, 0.3) is 5.91 Å². The van der Waals surface area contributed by atoms with Crippen molar-refractivity contribution in [1.29, 1.82) is 0 Å². The average Bonchev–Trinajstić information content (AvgIpc) is 2.57. The van der Waals surface area contributed by atoms with Crippen LogP contribution in [0.15, 0.2) is 30.5 Å². The molecule has 0 aromatic heterocycles. The Kier molecular flexibility index (Phi) is 7.86. The molecule has 29 heavy (non-hydrogen) atoms. The lowest BCUT2D eigenvalue weighted by molar-refractivity contribution is -0.353. The zero-order valence-electron chi connectivity index (χ0n) is 15.2. The quantitative estimate of drug-likeness (QED) is 0.580. The number of ether oxygens (including phenoxy) is 2. The van der Waals surface area contributed by atoms with Crippen LogP contribution in [0.2, 0.25) is 5.02 Å². The van der Waals surface area contributed by atoms with E-state index in [1.165, 1.54) is 12.1 Å². The highest BCUT2D eigenvalue weighted by atomic mass is 35.5. The zero-order valence-corrected chi connectivity index (χ0v) is 15.9. The molecule has 2 rings (SSSR count). The first-order valence-corrected chi connectivity index (χ1v) is 8.99. The van der Waals surface area contributed by atoms with E-state index in [0.29, 0.717) is 5.70 Å². The maximum absolute atomic E-state index is 13.3. The largest absolute Gasteiger partial charge is 0.522 e. The first kappa shape index (κ1) is 23.0. The lowest BCUT2D eigenvalue weighted by atomic mass is 9.81. The Hall–Kier alpha value is -2.33. The topological polar surface area (TPSA) is 76.7 Å². The summed E-state index contributed by atoms with van der Waals surface area (Å²) in [6.07, 6.45) is -5.52. The lowest BCUT2D eigenvalue weighted by Crippen LogP contribution is -2.44.